The minimum atomic E-state index is 0.766. The molecule has 0 aliphatic heterocycles. The van der Waals surface area contributed by atoms with Crippen LogP contribution >= 0.6 is 23.2 Å². The Kier molecular flexibility index (Phi) is 2.42. The highest BCUT2D eigenvalue weighted by Gasteiger charge is 2.14. The van der Waals surface area contributed by atoms with E-state index >= 15 is 0 Å². The molecular formula is C20H10Cl2. The lowest BCUT2D eigenvalue weighted by molar-refractivity contribution is 1.78. The van der Waals surface area contributed by atoms with Crippen molar-refractivity contribution in [3.63, 3.8) is 0 Å². The summed E-state index contributed by atoms with van der Waals surface area (Å²) in [5.74, 6) is 0. The van der Waals surface area contributed by atoms with Gasteiger partial charge in [-0.05, 0) is 44.5 Å². The lowest BCUT2D eigenvalue weighted by atomic mass is 9.91. The average Bonchev–Trinajstić information content (AvgIpc) is 2.54. The molecule has 0 aliphatic rings. The predicted molar refractivity (Wildman–Crippen MR) is 97.7 cm³/mol. The van der Waals surface area contributed by atoms with Crippen LogP contribution in [-0.2, 0) is 0 Å². The van der Waals surface area contributed by atoms with Crippen LogP contribution in [0.25, 0.3) is 43.1 Å². The van der Waals surface area contributed by atoms with Gasteiger partial charge in [-0.3, -0.25) is 0 Å². The maximum atomic E-state index is 6.70. The number of rotatable bonds is 0. The Labute approximate surface area is 137 Å². The molecular weight excluding hydrogens is 311 g/mol. The molecule has 5 aromatic rings. The van der Waals surface area contributed by atoms with E-state index in [0.29, 0.717) is 0 Å². The molecule has 0 amide bonds. The first kappa shape index (κ1) is 12.5. The van der Waals surface area contributed by atoms with E-state index in [-0.39, 0.29) is 0 Å². The zero-order chi connectivity index (χ0) is 14.8. The van der Waals surface area contributed by atoms with Crippen LogP contribution in [0.2, 0.25) is 10.0 Å². The van der Waals surface area contributed by atoms with E-state index in [1.807, 2.05) is 18.2 Å². The van der Waals surface area contributed by atoms with Crippen LogP contribution in [0.1, 0.15) is 0 Å². The molecule has 104 valence electrons. The second-order valence-electron chi connectivity index (χ2n) is 5.69. The van der Waals surface area contributed by atoms with Gasteiger partial charge in [0.15, 0.2) is 0 Å². The molecule has 0 aromatic heterocycles. The molecule has 0 fully saturated rings. The van der Waals surface area contributed by atoms with Crippen molar-refractivity contribution in [3.8, 4) is 0 Å². The van der Waals surface area contributed by atoms with E-state index in [4.69, 9.17) is 23.2 Å². The predicted octanol–water partition coefficient (Wildman–Crippen LogP) is 7.04. The summed E-state index contributed by atoms with van der Waals surface area (Å²) in [6, 6.07) is 20.9. The maximum absolute atomic E-state index is 6.70. The fourth-order valence-electron chi connectivity index (χ4n) is 3.59. The highest BCUT2D eigenvalue weighted by molar-refractivity contribution is 6.45. The number of hydrogen-bond acceptors (Lipinski definition) is 0. The first-order valence-electron chi connectivity index (χ1n) is 7.18. The van der Waals surface area contributed by atoms with Crippen LogP contribution < -0.4 is 0 Å². The monoisotopic (exact) mass is 320 g/mol. The molecule has 0 bridgehead atoms. The molecule has 0 saturated carbocycles. The minimum Gasteiger partial charge on any atom is -0.0843 e. The maximum Gasteiger partial charge on any atom is 0.0563 e. The summed E-state index contributed by atoms with van der Waals surface area (Å²) in [7, 11) is 0. The number of benzene rings is 5. The molecule has 0 aliphatic carbocycles. The zero-order valence-electron chi connectivity index (χ0n) is 11.5. The molecule has 2 heteroatoms. The van der Waals surface area contributed by atoms with Crippen molar-refractivity contribution in [1.29, 1.82) is 0 Å². The molecule has 0 saturated heterocycles. The zero-order valence-corrected chi connectivity index (χ0v) is 13.0. The van der Waals surface area contributed by atoms with Crippen molar-refractivity contribution in [2.75, 3.05) is 0 Å². The van der Waals surface area contributed by atoms with Crippen LogP contribution in [0.4, 0.5) is 0 Å². The van der Waals surface area contributed by atoms with Crippen molar-refractivity contribution in [2.24, 2.45) is 0 Å². The Bertz CT molecular complexity index is 1170. The van der Waals surface area contributed by atoms with Crippen molar-refractivity contribution >= 4 is 66.3 Å². The molecule has 0 N–H and O–H groups in total. The number of halogens is 2. The largest absolute Gasteiger partial charge is 0.0843 e. The third-order valence-electron chi connectivity index (χ3n) is 4.50. The summed E-state index contributed by atoms with van der Waals surface area (Å²) >= 11 is 12.9. The normalized spacial score (nSPS) is 12.1. The summed E-state index contributed by atoms with van der Waals surface area (Å²) in [4.78, 5) is 0. The van der Waals surface area contributed by atoms with E-state index in [1.54, 1.807) is 0 Å². The van der Waals surface area contributed by atoms with Gasteiger partial charge < -0.3 is 0 Å². The SMILES string of the molecule is Clc1cc2ccc3c(Cl)c4ccccc4c4ccc(c1)c2c34. The molecule has 0 unspecified atom stereocenters. The van der Waals surface area contributed by atoms with E-state index in [2.05, 4.69) is 42.5 Å². The summed E-state index contributed by atoms with van der Waals surface area (Å²) in [5, 5.41) is 11.0. The van der Waals surface area contributed by atoms with Gasteiger partial charge in [0.25, 0.3) is 0 Å². The van der Waals surface area contributed by atoms with Gasteiger partial charge in [0, 0.05) is 15.8 Å². The van der Waals surface area contributed by atoms with E-state index < -0.39 is 0 Å². The van der Waals surface area contributed by atoms with Gasteiger partial charge in [0.1, 0.15) is 0 Å². The van der Waals surface area contributed by atoms with E-state index in [0.717, 1.165) is 31.6 Å². The highest BCUT2D eigenvalue weighted by Crippen LogP contribution is 2.43. The molecule has 0 heterocycles. The fourth-order valence-corrected chi connectivity index (χ4v) is 4.15. The topological polar surface area (TPSA) is 0 Å². The van der Waals surface area contributed by atoms with Crippen molar-refractivity contribution in [3.05, 3.63) is 70.7 Å². The first-order valence-corrected chi connectivity index (χ1v) is 7.94. The van der Waals surface area contributed by atoms with Gasteiger partial charge in [-0.1, -0.05) is 71.7 Å². The summed E-state index contributed by atoms with van der Waals surface area (Å²) in [6.45, 7) is 0. The average molecular weight is 321 g/mol. The molecule has 0 atom stereocenters. The van der Waals surface area contributed by atoms with Crippen LogP contribution in [0, 0.1) is 0 Å². The second kappa shape index (κ2) is 4.25. The second-order valence-corrected chi connectivity index (χ2v) is 6.50. The van der Waals surface area contributed by atoms with Gasteiger partial charge in [0.2, 0.25) is 0 Å². The van der Waals surface area contributed by atoms with Gasteiger partial charge in [-0.25, -0.2) is 0 Å². The Morgan fingerprint density at radius 3 is 1.91 bits per heavy atom. The number of fused-ring (bicyclic) bond motifs is 2. The summed E-state index contributed by atoms with van der Waals surface area (Å²) in [6.07, 6.45) is 0. The molecule has 0 radical (unpaired) electrons. The Hall–Kier alpha value is -2.02. The lowest BCUT2D eigenvalue weighted by Gasteiger charge is -2.15. The standard InChI is InChI=1S/C20H10Cl2/c21-13-9-11-5-7-15-14-3-1-2-4-16(14)20(22)17-8-6-12(10-13)18(11)19(15)17/h1-10H. The lowest BCUT2D eigenvalue weighted by Crippen LogP contribution is -1.87. The molecule has 5 rings (SSSR count). The van der Waals surface area contributed by atoms with Crippen LogP contribution in [0.5, 0.6) is 0 Å². The highest BCUT2D eigenvalue weighted by atomic mass is 35.5. The van der Waals surface area contributed by atoms with Crippen LogP contribution in [0.15, 0.2) is 60.7 Å². The Balaban J connectivity index is 2.22. The fraction of sp³-hybridized carbons (Fsp3) is 0. The van der Waals surface area contributed by atoms with Gasteiger partial charge in [-0.15, -0.1) is 0 Å². The molecule has 22 heavy (non-hydrogen) atoms. The molecule has 5 aromatic carbocycles. The molecule has 0 nitrogen and oxygen atoms in total. The van der Waals surface area contributed by atoms with Crippen LogP contribution in [0.3, 0.4) is 0 Å². The first-order chi connectivity index (χ1) is 10.7. The summed E-state index contributed by atoms with van der Waals surface area (Å²) in [5.41, 5.74) is 0. The Morgan fingerprint density at radius 1 is 0.545 bits per heavy atom. The minimum absolute atomic E-state index is 0.766. The number of hydrogen-bond donors (Lipinski definition) is 0. The van der Waals surface area contributed by atoms with Gasteiger partial charge in [0.05, 0.1) is 5.02 Å². The van der Waals surface area contributed by atoms with Gasteiger partial charge in [-0.2, -0.15) is 0 Å². The van der Waals surface area contributed by atoms with E-state index in [1.165, 1.54) is 21.5 Å². The van der Waals surface area contributed by atoms with Crippen molar-refractivity contribution < 1.29 is 0 Å². The smallest absolute Gasteiger partial charge is 0.0563 e. The third kappa shape index (κ3) is 1.49. The van der Waals surface area contributed by atoms with Gasteiger partial charge >= 0.3 is 0 Å². The quantitative estimate of drug-likeness (QED) is 0.212. The molecule has 0 spiro atoms. The van der Waals surface area contributed by atoms with Crippen molar-refractivity contribution in [1.82, 2.24) is 0 Å². The third-order valence-corrected chi connectivity index (χ3v) is 5.13. The Morgan fingerprint density at radius 2 is 1.18 bits per heavy atom. The van der Waals surface area contributed by atoms with Crippen molar-refractivity contribution in [2.45, 2.75) is 0 Å². The van der Waals surface area contributed by atoms with E-state index in [9.17, 15) is 0 Å². The summed E-state index contributed by atoms with van der Waals surface area (Å²) < 4.78 is 0. The van der Waals surface area contributed by atoms with Crippen LogP contribution in [-0.4, -0.2) is 0 Å².